The van der Waals surface area contributed by atoms with Crippen molar-refractivity contribution in [2.45, 2.75) is 20.3 Å². The fraction of sp³-hybridized carbons (Fsp3) is 0.231. The zero-order chi connectivity index (χ0) is 12.4. The number of carboxylic acid groups (broad SMARTS) is 1. The van der Waals surface area contributed by atoms with Crippen molar-refractivity contribution in [1.82, 2.24) is 9.55 Å². The highest BCUT2D eigenvalue weighted by Gasteiger charge is 2.07. The molecule has 0 spiro atoms. The van der Waals surface area contributed by atoms with Crippen molar-refractivity contribution in [3.63, 3.8) is 0 Å². The number of pyridine rings is 1. The first-order valence-electron chi connectivity index (χ1n) is 5.41. The molecule has 2 rings (SSSR count). The van der Waals surface area contributed by atoms with Crippen molar-refractivity contribution in [2.24, 2.45) is 0 Å². The number of hydrogen-bond donors (Lipinski definition) is 1. The molecule has 4 heteroatoms. The Morgan fingerprint density at radius 1 is 1.24 bits per heavy atom. The van der Waals surface area contributed by atoms with Crippen molar-refractivity contribution >= 4 is 5.97 Å². The van der Waals surface area contributed by atoms with Gasteiger partial charge in [0.15, 0.2) is 0 Å². The van der Waals surface area contributed by atoms with Crippen LogP contribution < -0.4 is 0 Å². The van der Waals surface area contributed by atoms with Crippen LogP contribution >= 0.6 is 0 Å². The number of aromatic nitrogens is 2. The molecule has 0 fully saturated rings. The van der Waals surface area contributed by atoms with E-state index in [-0.39, 0.29) is 6.42 Å². The van der Waals surface area contributed by atoms with E-state index in [2.05, 4.69) is 4.98 Å². The van der Waals surface area contributed by atoms with Gasteiger partial charge < -0.3 is 9.67 Å². The third kappa shape index (κ3) is 2.36. The smallest absolute Gasteiger partial charge is 0.309 e. The number of nitrogens with zero attached hydrogens (tertiary/aromatic N) is 2. The largest absolute Gasteiger partial charge is 0.481 e. The molecule has 1 N–H and O–H groups in total. The van der Waals surface area contributed by atoms with E-state index in [1.54, 1.807) is 6.07 Å². The van der Waals surface area contributed by atoms with Crippen LogP contribution in [0.4, 0.5) is 0 Å². The van der Waals surface area contributed by atoms with Gasteiger partial charge in [0, 0.05) is 11.4 Å². The van der Waals surface area contributed by atoms with Crippen molar-refractivity contribution < 1.29 is 9.90 Å². The Balaban J connectivity index is 2.43. The highest BCUT2D eigenvalue weighted by atomic mass is 16.4. The summed E-state index contributed by atoms with van der Waals surface area (Å²) in [6.07, 6.45) is -0.0484. The summed E-state index contributed by atoms with van der Waals surface area (Å²) in [6.45, 7) is 4.00. The van der Waals surface area contributed by atoms with Crippen molar-refractivity contribution in [1.29, 1.82) is 0 Å². The molecule has 0 aliphatic rings. The Hall–Kier alpha value is -2.10. The van der Waals surface area contributed by atoms with E-state index >= 15 is 0 Å². The number of aryl methyl sites for hydroxylation is 2. The van der Waals surface area contributed by atoms with Crippen LogP contribution in [-0.2, 0) is 11.2 Å². The summed E-state index contributed by atoms with van der Waals surface area (Å²) in [4.78, 5) is 15.0. The second kappa shape index (κ2) is 4.41. The Kier molecular flexibility index (Phi) is 2.95. The zero-order valence-electron chi connectivity index (χ0n) is 9.84. The number of carboxylic acids is 1. The molecule has 2 aromatic rings. The highest BCUT2D eigenvalue weighted by Crippen LogP contribution is 2.14. The molecule has 0 saturated carbocycles. The van der Waals surface area contributed by atoms with Crippen molar-refractivity contribution in [3.05, 3.63) is 47.4 Å². The Morgan fingerprint density at radius 2 is 1.88 bits per heavy atom. The van der Waals surface area contributed by atoms with Gasteiger partial charge in [-0.15, -0.1) is 0 Å². The molecule has 0 bridgehead atoms. The van der Waals surface area contributed by atoms with E-state index in [0.717, 1.165) is 17.2 Å². The normalized spacial score (nSPS) is 10.5. The minimum atomic E-state index is -0.865. The summed E-state index contributed by atoms with van der Waals surface area (Å²) in [6, 6.07) is 9.47. The summed E-state index contributed by atoms with van der Waals surface area (Å²) in [7, 11) is 0. The molecule has 0 aliphatic heterocycles. The van der Waals surface area contributed by atoms with Crippen LogP contribution in [0, 0.1) is 13.8 Å². The van der Waals surface area contributed by atoms with Gasteiger partial charge in [-0.2, -0.15) is 0 Å². The predicted molar refractivity (Wildman–Crippen MR) is 64.4 cm³/mol. The van der Waals surface area contributed by atoms with Crippen molar-refractivity contribution in [2.75, 3.05) is 0 Å². The lowest BCUT2D eigenvalue weighted by atomic mass is 10.2. The maximum absolute atomic E-state index is 10.7. The third-order valence-electron chi connectivity index (χ3n) is 2.62. The van der Waals surface area contributed by atoms with E-state index in [0.29, 0.717) is 5.69 Å². The lowest BCUT2D eigenvalue weighted by molar-refractivity contribution is -0.136. The minimum Gasteiger partial charge on any atom is -0.481 e. The van der Waals surface area contributed by atoms with Crippen LogP contribution in [0.1, 0.15) is 17.1 Å². The van der Waals surface area contributed by atoms with Gasteiger partial charge in [0.1, 0.15) is 5.82 Å². The SMILES string of the molecule is Cc1ccc(C)n1-c1cccc(CC(=O)O)n1. The van der Waals surface area contributed by atoms with E-state index in [9.17, 15) is 4.79 Å². The van der Waals surface area contributed by atoms with Gasteiger partial charge in [-0.3, -0.25) is 4.79 Å². The molecule has 17 heavy (non-hydrogen) atoms. The maximum atomic E-state index is 10.7. The molecule has 4 nitrogen and oxygen atoms in total. The number of carbonyl (C=O) groups is 1. The molecule has 0 atom stereocenters. The Bertz CT molecular complexity index is 539. The van der Waals surface area contributed by atoms with Crippen molar-refractivity contribution in [3.8, 4) is 5.82 Å². The van der Waals surface area contributed by atoms with Crippen LogP contribution in [0.15, 0.2) is 30.3 Å². The van der Waals surface area contributed by atoms with Crippen LogP contribution in [0.3, 0.4) is 0 Å². The molecular weight excluding hydrogens is 216 g/mol. The summed E-state index contributed by atoms with van der Waals surface area (Å²) in [5, 5.41) is 8.75. The van der Waals surface area contributed by atoms with Crippen LogP contribution in [0.5, 0.6) is 0 Å². The van der Waals surface area contributed by atoms with Gasteiger partial charge in [-0.1, -0.05) is 6.07 Å². The lowest BCUT2D eigenvalue weighted by Crippen LogP contribution is -2.06. The summed E-state index contributed by atoms with van der Waals surface area (Å²) in [5.41, 5.74) is 2.74. The number of hydrogen-bond acceptors (Lipinski definition) is 2. The fourth-order valence-electron chi connectivity index (χ4n) is 1.87. The standard InChI is InChI=1S/C13H14N2O2/c1-9-6-7-10(2)15(9)12-5-3-4-11(14-12)8-13(16)17/h3-7H,8H2,1-2H3,(H,16,17). The summed E-state index contributed by atoms with van der Waals surface area (Å²) in [5.74, 6) is -0.0978. The first-order valence-corrected chi connectivity index (χ1v) is 5.41. The molecule has 0 aliphatic carbocycles. The molecule has 0 saturated heterocycles. The van der Waals surface area contributed by atoms with E-state index in [1.165, 1.54) is 0 Å². The topological polar surface area (TPSA) is 55.1 Å². The molecule has 0 amide bonds. The predicted octanol–water partition coefficient (Wildman–Crippen LogP) is 2.12. The third-order valence-corrected chi connectivity index (χ3v) is 2.62. The number of rotatable bonds is 3. The zero-order valence-corrected chi connectivity index (χ0v) is 9.84. The van der Waals surface area contributed by atoms with E-state index < -0.39 is 5.97 Å². The monoisotopic (exact) mass is 230 g/mol. The van der Waals surface area contributed by atoms with E-state index in [4.69, 9.17) is 5.11 Å². The maximum Gasteiger partial charge on any atom is 0.309 e. The molecule has 88 valence electrons. The Morgan fingerprint density at radius 3 is 2.47 bits per heavy atom. The average molecular weight is 230 g/mol. The van der Waals surface area contributed by atoms with Crippen LogP contribution in [0.25, 0.3) is 5.82 Å². The molecular formula is C13H14N2O2. The van der Waals surface area contributed by atoms with Gasteiger partial charge >= 0.3 is 5.97 Å². The first kappa shape index (κ1) is 11.4. The average Bonchev–Trinajstić information content (AvgIpc) is 2.58. The van der Waals surface area contributed by atoms with Gasteiger partial charge in [0.2, 0.25) is 0 Å². The quantitative estimate of drug-likeness (QED) is 0.878. The molecule has 2 aromatic heterocycles. The lowest BCUT2D eigenvalue weighted by Gasteiger charge is -2.09. The minimum absolute atomic E-state index is 0.0484. The highest BCUT2D eigenvalue weighted by molar-refractivity contribution is 5.69. The molecule has 0 aromatic carbocycles. The van der Waals surface area contributed by atoms with Gasteiger partial charge in [0.05, 0.1) is 12.1 Å². The first-order chi connectivity index (χ1) is 8.08. The van der Waals surface area contributed by atoms with Crippen LogP contribution in [-0.4, -0.2) is 20.6 Å². The number of aliphatic carboxylic acids is 1. The van der Waals surface area contributed by atoms with Crippen LogP contribution in [0.2, 0.25) is 0 Å². The fourth-order valence-corrected chi connectivity index (χ4v) is 1.87. The van der Waals surface area contributed by atoms with Gasteiger partial charge in [-0.25, -0.2) is 4.98 Å². The van der Waals surface area contributed by atoms with Gasteiger partial charge in [0.25, 0.3) is 0 Å². The Labute approximate surface area is 99.5 Å². The van der Waals surface area contributed by atoms with E-state index in [1.807, 2.05) is 42.7 Å². The second-order valence-corrected chi connectivity index (χ2v) is 4.01. The second-order valence-electron chi connectivity index (χ2n) is 4.01. The molecule has 2 heterocycles. The summed E-state index contributed by atoms with van der Waals surface area (Å²) < 4.78 is 2.01. The van der Waals surface area contributed by atoms with Gasteiger partial charge in [-0.05, 0) is 38.1 Å². The summed E-state index contributed by atoms with van der Waals surface area (Å²) >= 11 is 0. The molecule has 0 radical (unpaired) electrons. The molecule has 0 unspecified atom stereocenters.